The van der Waals surface area contributed by atoms with Crippen LogP contribution >= 0.6 is 0 Å². The van der Waals surface area contributed by atoms with Crippen molar-refractivity contribution in [3.63, 3.8) is 0 Å². The van der Waals surface area contributed by atoms with Crippen LogP contribution < -0.4 is 0 Å². The molecule has 0 amide bonds. The summed E-state index contributed by atoms with van der Waals surface area (Å²) in [4.78, 5) is 0. The Balaban J connectivity index is 2.78. The Hall–Kier alpha value is -0.760. The summed E-state index contributed by atoms with van der Waals surface area (Å²) in [5, 5.41) is 9.20. The monoisotopic (exact) mass is 126 g/mol. The Morgan fingerprint density at radius 3 is 2.67 bits per heavy atom. The van der Waals surface area contributed by atoms with Crippen molar-refractivity contribution in [1.82, 2.24) is 0 Å². The van der Waals surface area contributed by atoms with Crippen molar-refractivity contribution in [2.45, 2.75) is 19.6 Å². The highest BCUT2D eigenvalue weighted by Crippen LogP contribution is 2.16. The van der Waals surface area contributed by atoms with Crippen LogP contribution in [0, 0.1) is 0 Å². The zero-order valence-electron chi connectivity index (χ0n) is 5.59. The van der Waals surface area contributed by atoms with Gasteiger partial charge in [-0.1, -0.05) is 0 Å². The van der Waals surface area contributed by atoms with E-state index in [1.54, 1.807) is 19.1 Å². The number of aliphatic hydroxyl groups is 1. The third kappa shape index (κ3) is 1.57. The summed E-state index contributed by atoms with van der Waals surface area (Å²) < 4.78 is 4.83. The summed E-state index contributed by atoms with van der Waals surface area (Å²) in [5.41, 5.74) is 1.02. The molecule has 0 aliphatic carbocycles. The average molecular weight is 126 g/mol. The zero-order chi connectivity index (χ0) is 6.91. The van der Waals surface area contributed by atoms with E-state index in [0.717, 1.165) is 5.57 Å². The third-order valence-electron chi connectivity index (χ3n) is 1.13. The molecular formula is C7H10O2. The van der Waals surface area contributed by atoms with Gasteiger partial charge in [0.05, 0.1) is 6.26 Å². The molecule has 0 aromatic rings. The largest absolute Gasteiger partial charge is 0.467 e. The van der Waals surface area contributed by atoms with E-state index in [2.05, 4.69) is 0 Å². The van der Waals surface area contributed by atoms with Gasteiger partial charge in [-0.25, -0.2) is 0 Å². The van der Waals surface area contributed by atoms with Crippen LogP contribution in [0.1, 0.15) is 13.8 Å². The number of hydrogen-bond donors (Lipinski definition) is 1. The number of allylic oxidation sites excluding steroid dienone is 2. The van der Waals surface area contributed by atoms with Crippen molar-refractivity contribution in [3.05, 3.63) is 24.0 Å². The van der Waals surface area contributed by atoms with Crippen LogP contribution in [0.2, 0.25) is 0 Å². The fraction of sp³-hybridized carbons (Fsp3) is 0.429. The molecule has 1 atom stereocenters. The van der Waals surface area contributed by atoms with Crippen LogP contribution in [0.3, 0.4) is 0 Å². The van der Waals surface area contributed by atoms with Crippen LogP contribution in [0.4, 0.5) is 0 Å². The molecule has 0 bridgehead atoms. The maximum Gasteiger partial charge on any atom is 0.224 e. The van der Waals surface area contributed by atoms with Gasteiger partial charge >= 0.3 is 0 Å². The maximum atomic E-state index is 9.20. The molecule has 0 fully saturated rings. The molecule has 0 saturated carbocycles. The van der Waals surface area contributed by atoms with Gasteiger partial charge in [-0.3, -0.25) is 0 Å². The van der Waals surface area contributed by atoms with E-state index in [9.17, 15) is 5.11 Å². The molecule has 1 aliphatic rings. The highest BCUT2D eigenvalue weighted by Gasteiger charge is 2.18. The predicted octanol–water partition coefficient (Wildman–Crippen LogP) is 1.19. The lowest BCUT2D eigenvalue weighted by atomic mass is 10.1. The van der Waals surface area contributed by atoms with Gasteiger partial charge in [0.25, 0.3) is 0 Å². The average Bonchev–Trinajstić information content (AvgIpc) is 1.60. The maximum absolute atomic E-state index is 9.20. The van der Waals surface area contributed by atoms with E-state index in [1.165, 1.54) is 6.26 Å². The van der Waals surface area contributed by atoms with Crippen molar-refractivity contribution >= 4 is 0 Å². The molecule has 0 aromatic carbocycles. The quantitative estimate of drug-likeness (QED) is 0.528. The zero-order valence-corrected chi connectivity index (χ0v) is 5.59. The standard InChI is InChI=1S/C7H10O2/c1-6-3-4-9-7(2,8)5-6/h3-5,8H,1-2H3. The minimum absolute atomic E-state index is 1.02. The molecular weight excluding hydrogens is 116 g/mol. The number of ether oxygens (including phenoxy) is 1. The lowest BCUT2D eigenvalue weighted by Crippen LogP contribution is -2.24. The van der Waals surface area contributed by atoms with Crippen molar-refractivity contribution < 1.29 is 9.84 Å². The molecule has 0 spiro atoms. The Morgan fingerprint density at radius 1 is 1.67 bits per heavy atom. The molecule has 50 valence electrons. The highest BCUT2D eigenvalue weighted by molar-refractivity contribution is 5.20. The van der Waals surface area contributed by atoms with Crippen molar-refractivity contribution in [1.29, 1.82) is 0 Å². The summed E-state index contributed by atoms with van der Waals surface area (Å²) in [5.74, 6) is -1.10. The second-order valence-corrected chi connectivity index (χ2v) is 2.36. The molecule has 0 radical (unpaired) electrons. The van der Waals surface area contributed by atoms with Crippen LogP contribution in [-0.2, 0) is 4.74 Å². The molecule has 2 heteroatoms. The molecule has 2 nitrogen and oxygen atoms in total. The van der Waals surface area contributed by atoms with Gasteiger partial charge in [0.15, 0.2) is 0 Å². The number of rotatable bonds is 0. The fourth-order valence-electron chi connectivity index (χ4n) is 0.784. The molecule has 1 unspecified atom stereocenters. The van der Waals surface area contributed by atoms with Gasteiger partial charge in [0.1, 0.15) is 0 Å². The molecule has 0 aromatic heterocycles. The lowest BCUT2D eigenvalue weighted by molar-refractivity contribution is -0.112. The first kappa shape index (κ1) is 6.36. The molecule has 1 heterocycles. The van der Waals surface area contributed by atoms with Crippen LogP contribution in [0.5, 0.6) is 0 Å². The molecule has 0 saturated heterocycles. The molecule has 1 N–H and O–H groups in total. The SMILES string of the molecule is CC1=CC(C)(O)OC=C1. The Bertz CT molecular complexity index is 166. The summed E-state index contributed by atoms with van der Waals surface area (Å²) in [6.45, 7) is 3.51. The molecule has 1 aliphatic heterocycles. The molecule has 9 heavy (non-hydrogen) atoms. The van der Waals surface area contributed by atoms with Gasteiger partial charge in [-0.15, -0.1) is 0 Å². The molecule has 1 rings (SSSR count). The van der Waals surface area contributed by atoms with E-state index >= 15 is 0 Å². The second-order valence-electron chi connectivity index (χ2n) is 2.36. The lowest BCUT2D eigenvalue weighted by Gasteiger charge is -2.21. The predicted molar refractivity (Wildman–Crippen MR) is 34.6 cm³/mol. The minimum Gasteiger partial charge on any atom is -0.467 e. The van der Waals surface area contributed by atoms with E-state index in [-0.39, 0.29) is 0 Å². The van der Waals surface area contributed by atoms with Gasteiger partial charge < -0.3 is 9.84 Å². The first-order chi connectivity index (χ1) is 4.10. The summed E-state index contributed by atoms with van der Waals surface area (Å²) in [7, 11) is 0. The van der Waals surface area contributed by atoms with E-state index in [4.69, 9.17) is 4.74 Å². The van der Waals surface area contributed by atoms with E-state index < -0.39 is 5.79 Å². The van der Waals surface area contributed by atoms with E-state index in [1.807, 2.05) is 6.92 Å². The van der Waals surface area contributed by atoms with Gasteiger partial charge in [-0.2, -0.15) is 0 Å². The number of hydrogen-bond acceptors (Lipinski definition) is 2. The van der Waals surface area contributed by atoms with Crippen LogP contribution in [0.15, 0.2) is 24.0 Å². The second kappa shape index (κ2) is 1.88. The van der Waals surface area contributed by atoms with Crippen LogP contribution in [0.25, 0.3) is 0 Å². The summed E-state index contributed by atoms with van der Waals surface area (Å²) >= 11 is 0. The van der Waals surface area contributed by atoms with Gasteiger partial charge in [0, 0.05) is 6.92 Å². The smallest absolute Gasteiger partial charge is 0.224 e. The van der Waals surface area contributed by atoms with Gasteiger partial charge in [-0.05, 0) is 24.6 Å². The third-order valence-corrected chi connectivity index (χ3v) is 1.13. The highest BCUT2D eigenvalue weighted by atomic mass is 16.6. The Morgan fingerprint density at radius 2 is 2.33 bits per heavy atom. The van der Waals surface area contributed by atoms with Gasteiger partial charge in [0.2, 0.25) is 5.79 Å². The summed E-state index contributed by atoms with van der Waals surface area (Å²) in [6.07, 6.45) is 4.96. The first-order valence-electron chi connectivity index (χ1n) is 2.86. The summed E-state index contributed by atoms with van der Waals surface area (Å²) in [6, 6.07) is 0. The van der Waals surface area contributed by atoms with Crippen LogP contribution in [-0.4, -0.2) is 10.9 Å². The first-order valence-corrected chi connectivity index (χ1v) is 2.86. The van der Waals surface area contributed by atoms with Crippen molar-refractivity contribution in [2.24, 2.45) is 0 Å². The minimum atomic E-state index is -1.10. The van der Waals surface area contributed by atoms with Crippen molar-refractivity contribution in [3.8, 4) is 0 Å². The van der Waals surface area contributed by atoms with Crippen molar-refractivity contribution in [2.75, 3.05) is 0 Å². The van der Waals surface area contributed by atoms with E-state index in [0.29, 0.717) is 0 Å². The Labute approximate surface area is 54.5 Å². The topological polar surface area (TPSA) is 29.5 Å². The Kier molecular flexibility index (Phi) is 1.33. The fourth-order valence-corrected chi connectivity index (χ4v) is 0.784. The normalized spacial score (nSPS) is 33.4.